The molecular weight excluding hydrogens is 891 g/mol. The number of hydrogen-bond donors (Lipinski definition) is 0. The molecule has 0 atom stereocenters. The van der Waals surface area contributed by atoms with E-state index in [0.717, 1.165) is 16.8 Å². The number of nitrogens with zero attached hydrogens (tertiary/aromatic N) is 1. The van der Waals surface area contributed by atoms with Crippen molar-refractivity contribution in [3.05, 3.63) is 273 Å². The lowest BCUT2D eigenvalue weighted by atomic mass is 9.82. The van der Waals surface area contributed by atoms with Crippen molar-refractivity contribution in [3.63, 3.8) is 0 Å². The number of benzene rings is 14. The van der Waals surface area contributed by atoms with Gasteiger partial charge in [-0.25, -0.2) is 0 Å². The summed E-state index contributed by atoms with van der Waals surface area (Å²) in [5.41, 5.74) is 18.9. The largest absolute Gasteiger partial charge is 0.256 e. The van der Waals surface area contributed by atoms with Crippen LogP contribution in [0.4, 0.5) is 0 Å². The molecule has 14 aromatic carbocycles. The Kier molecular flexibility index (Phi) is 9.65. The Morgan fingerprint density at radius 3 is 0.622 bits per heavy atom. The Labute approximate surface area is 429 Å². The van der Waals surface area contributed by atoms with Crippen LogP contribution in [0.25, 0.3) is 154 Å². The molecule has 0 bridgehead atoms. The monoisotopic (exact) mass is 935 g/mol. The molecule has 0 unspecified atom stereocenters. The Balaban J connectivity index is 0.981. The molecule has 74 heavy (non-hydrogen) atoms. The van der Waals surface area contributed by atoms with Gasteiger partial charge in [0.25, 0.3) is 0 Å². The standard InChI is InChI=1S/C73H45N/c1-7-19-46(20-8-1)61-41-62(47-21-9-2-10-22-47)54-36-37-59-67(43-65(50-27-15-5-16-28-50)56-33-32-53(61)70(54)72(56)59)52-31-40-69(74-45-52)68-44-66(51-29-17-6-18-30-51)58-35-34-55-63(48-23-11-3-12-24-48)42-64(49-25-13-4-14-26-49)57-38-39-60(68)73(58)71(55)57/h1-45H. The van der Waals surface area contributed by atoms with Gasteiger partial charge in [0.2, 0.25) is 0 Å². The maximum absolute atomic E-state index is 5.49. The molecule has 0 saturated carbocycles. The summed E-state index contributed by atoms with van der Waals surface area (Å²) in [5, 5.41) is 15.0. The van der Waals surface area contributed by atoms with Crippen LogP contribution in [0.5, 0.6) is 0 Å². The third-order valence-corrected chi connectivity index (χ3v) is 15.7. The summed E-state index contributed by atoms with van der Waals surface area (Å²) in [6, 6.07) is 98.2. The third-order valence-electron chi connectivity index (χ3n) is 15.7. The zero-order chi connectivity index (χ0) is 48.7. The van der Waals surface area contributed by atoms with Gasteiger partial charge in [-0.2, -0.15) is 0 Å². The van der Waals surface area contributed by atoms with Gasteiger partial charge in [-0.3, -0.25) is 4.98 Å². The second-order valence-corrected chi connectivity index (χ2v) is 19.7. The molecule has 0 spiro atoms. The number of hydrogen-bond acceptors (Lipinski definition) is 1. The maximum Gasteiger partial charge on any atom is 0.0708 e. The van der Waals surface area contributed by atoms with Gasteiger partial charge in [0, 0.05) is 17.3 Å². The normalized spacial score (nSPS) is 11.8. The van der Waals surface area contributed by atoms with Crippen LogP contribution >= 0.6 is 0 Å². The average molecular weight is 936 g/mol. The highest BCUT2D eigenvalue weighted by Crippen LogP contribution is 2.51. The van der Waals surface area contributed by atoms with Gasteiger partial charge in [-0.05, 0) is 167 Å². The predicted octanol–water partition coefficient (Wildman–Crippen LogP) is 20.2. The van der Waals surface area contributed by atoms with E-state index in [-0.39, 0.29) is 0 Å². The van der Waals surface area contributed by atoms with Gasteiger partial charge < -0.3 is 0 Å². The highest BCUT2D eigenvalue weighted by Gasteiger charge is 2.24. The van der Waals surface area contributed by atoms with Gasteiger partial charge in [0.15, 0.2) is 0 Å². The molecule has 0 fully saturated rings. The molecule has 0 amide bonds. The third kappa shape index (κ3) is 6.61. The molecule has 1 aromatic heterocycles. The van der Waals surface area contributed by atoms with E-state index in [1.54, 1.807) is 0 Å². The molecule has 0 radical (unpaired) electrons. The van der Waals surface area contributed by atoms with E-state index < -0.39 is 0 Å². The lowest BCUT2D eigenvalue weighted by Gasteiger charge is -2.22. The highest BCUT2D eigenvalue weighted by molar-refractivity contribution is 6.33. The summed E-state index contributed by atoms with van der Waals surface area (Å²) < 4.78 is 0. The Morgan fingerprint density at radius 1 is 0.176 bits per heavy atom. The molecule has 1 heterocycles. The van der Waals surface area contributed by atoms with E-state index in [2.05, 4.69) is 273 Å². The van der Waals surface area contributed by atoms with Gasteiger partial charge in [-0.15, -0.1) is 0 Å². The summed E-state index contributed by atoms with van der Waals surface area (Å²) in [4.78, 5) is 5.49. The summed E-state index contributed by atoms with van der Waals surface area (Å²) in [5.74, 6) is 0. The second-order valence-electron chi connectivity index (χ2n) is 19.7. The molecule has 0 N–H and O–H groups in total. The first kappa shape index (κ1) is 42.0. The highest BCUT2D eigenvalue weighted by atomic mass is 14.7. The minimum atomic E-state index is 0.941. The molecule has 342 valence electrons. The van der Waals surface area contributed by atoms with Crippen molar-refractivity contribution >= 4 is 64.6 Å². The van der Waals surface area contributed by atoms with E-state index >= 15 is 0 Å². The van der Waals surface area contributed by atoms with Crippen LogP contribution in [-0.2, 0) is 0 Å². The van der Waals surface area contributed by atoms with E-state index in [1.807, 2.05) is 0 Å². The second kappa shape index (κ2) is 17.0. The van der Waals surface area contributed by atoms with Crippen molar-refractivity contribution in [2.45, 2.75) is 0 Å². The minimum absolute atomic E-state index is 0.941. The first-order chi connectivity index (χ1) is 36.7. The van der Waals surface area contributed by atoms with Crippen LogP contribution in [0.2, 0.25) is 0 Å². The van der Waals surface area contributed by atoms with Gasteiger partial charge in [0.1, 0.15) is 0 Å². The Morgan fingerprint density at radius 2 is 0.392 bits per heavy atom. The Hall–Kier alpha value is -9.69. The fourth-order valence-electron chi connectivity index (χ4n) is 12.3. The van der Waals surface area contributed by atoms with E-state index in [4.69, 9.17) is 4.98 Å². The van der Waals surface area contributed by atoms with Gasteiger partial charge in [-0.1, -0.05) is 237 Å². The summed E-state index contributed by atoms with van der Waals surface area (Å²) in [7, 11) is 0. The smallest absolute Gasteiger partial charge is 0.0708 e. The molecule has 0 aliphatic carbocycles. The average Bonchev–Trinajstić information content (AvgIpc) is 3.50. The van der Waals surface area contributed by atoms with Crippen molar-refractivity contribution in [1.29, 1.82) is 0 Å². The van der Waals surface area contributed by atoms with E-state index in [0.29, 0.717) is 0 Å². The zero-order valence-corrected chi connectivity index (χ0v) is 40.4. The predicted molar refractivity (Wildman–Crippen MR) is 315 cm³/mol. The van der Waals surface area contributed by atoms with Crippen molar-refractivity contribution < 1.29 is 0 Å². The van der Waals surface area contributed by atoms with Crippen molar-refractivity contribution in [2.75, 3.05) is 0 Å². The molecular formula is C73H45N. The van der Waals surface area contributed by atoms with E-state index in [9.17, 15) is 0 Å². The van der Waals surface area contributed by atoms with E-state index in [1.165, 1.54) is 137 Å². The van der Waals surface area contributed by atoms with Crippen LogP contribution in [0.15, 0.2) is 273 Å². The lowest BCUT2D eigenvalue weighted by Crippen LogP contribution is -1.96. The van der Waals surface area contributed by atoms with Crippen molar-refractivity contribution in [1.82, 2.24) is 4.98 Å². The molecule has 1 heteroatoms. The first-order valence-electron chi connectivity index (χ1n) is 25.6. The number of aromatic nitrogens is 1. The van der Waals surface area contributed by atoms with Crippen LogP contribution in [0, 0.1) is 0 Å². The quantitative estimate of drug-likeness (QED) is 0.138. The van der Waals surface area contributed by atoms with Crippen LogP contribution in [0.1, 0.15) is 0 Å². The number of rotatable bonds is 8. The Bertz CT molecular complexity index is 4150. The number of pyridine rings is 1. The molecule has 0 aliphatic rings. The summed E-state index contributed by atoms with van der Waals surface area (Å²) in [6.07, 6.45) is 2.11. The van der Waals surface area contributed by atoms with Crippen LogP contribution in [0.3, 0.4) is 0 Å². The topological polar surface area (TPSA) is 12.9 Å². The molecule has 15 aromatic rings. The van der Waals surface area contributed by atoms with Crippen molar-refractivity contribution in [2.24, 2.45) is 0 Å². The fourth-order valence-corrected chi connectivity index (χ4v) is 12.3. The molecule has 1 nitrogen and oxygen atoms in total. The SMILES string of the molecule is c1ccc(-c2cc(-c3ccccc3)c3ccc4c(-c5ccc(-c6cc(-c7ccccc7)c7ccc8c(-c9ccccc9)cc(-c9ccccc9)c9ccc6c7c89)nc5)cc(-c5ccccc5)c5ccc2c3c54)cc1. The maximum atomic E-state index is 5.49. The molecule has 0 saturated heterocycles. The zero-order valence-electron chi connectivity index (χ0n) is 40.4. The summed E-state index contributed by atoms with van der Waals surface area (Å²) in [6.45, 7) is 0. The minimum Gasteiger partial charge on any atom is -0.256 e. The molecule has 0 aliphatic heterocycles. The van der Waals surface area contributed by atoms with Gasteiger partial charge in [0.05, 0.1) is 5.69 Å². The first-order valence-corrected chi connectivity index (χ1v) is 25.6. The van der Waals surface area contributed by atoms with Gasteiger partial charge >= 0.3 is 0 Å². The van der Waals surface area contributed by atoms with Crippen LogP contribution in [-0.4, -0.2) is 4.98 Å². The summed E-state index contributed by atoms with van der Waals surface area (Å²) >= 11 is 0. The molecule has 15 rings (SSSR count). The fraction of sp³-hybridized carbons (Fsp3) is 0. The van der Waals surface area contributed by atoms with Crippen molar-refractivity contribution in [3.8, 4) is 89.1 Å². The lowest BCUT2D eigenvalue weighted by molar-refractivity contribution is 1.33. The van der Waals surface area contributed by atoms with Crippen LogP contribution < -0.4 is 0 Å².